The number of nitrogens with zero attached hydrogens (tertiary/aromatic N) is 4. The SMILES string of the molecule is CC(=O)O[C@H]1CO[C@H]2[C@@H]1N(C(=O)OC(C)(C)C)C[C@H]2C.CC(=O)O[C@H]1CO[C@H]2[C@@H]1N(C(=O)OC(C)(C)C)C[C@H]2O.CC1(C)O[C@H]2O[C@H]3[C@@H]([C@H]2O1)N(C(=O)OCc1ccccc1)C[C@H]3O.C[C@@H]1CN(C(=O)OCc2ccccc2)[C@H]2[C@@H]1OC[C@@H]2O. The second-order valence-corrected chi connectivity index (χ2v) is 25.0. The Morgan fingerprint density at radius 2 is 0.917 bits per heavy atom. The molecule has 0 unspecified atom stereocenters. The van der Waals surface area contributed by atoms with Gasteiger partial charge in [-0.3, -0.25) is 29.2 Å². The fraction of sp³-hybridized carbons (Fsp3) is 0.695. The van der Waals surface area contributed by atoms with Crippen molar-refractivity contribution < 1.29 is 101 Å². The monoisotopic (exact) mass is 1180 g/mol. The van der Waals surface area contributed by atoms with Crippen LogP contribution in [0.25, 0.3) is 0 Å². The fourth-order valence-electron chi connectivity index (χ4n) is 12.1. The molecule has 9 saturated heterocycles. The molecule has 2 aromatic rings. The van der Waals surface area contributed by atoms with Gasteiger partial charge in [0.05, 0.1) is 57.2 Å². The molecule has 0 bridgehead atoms. The highest BCUT2D eigenvalue weighted by molar-refractivity contribution is 5.72. The number of β-amino-alcohol motifs (C(OH)–C–C–N with tert-alkyl or cyclic N) is 2. The van der Waals surface area contributed by atoms with E-state index in [1.54, 1.807) is 44.4 Å². The van der Waals surface area contributed by atoms with Gasteiger partial charge in [0.25, 0.3) is 0 Å². The van der Waals surface area contributed by atoms with Crippen LogP contribution in [0.5, 0.6) is 0 Å². The molecular weight excluding hydrogens is 1100 g/mol. The highest BCUT2D eigenvalue weighted by Crippen LogP contribution is 2.44. The van der Waals surface area contributed by atoms with Crippen molar-refractivity contribution in [2.45, 2.75) is 205 Å². The van der Waals surface area contributed by atoms with Crippen LogP contribution in [-0.4, -0.2) is 226 Å². The Balaban J connectivity index is 0.000000147. The van der Waals surface area contributed by atoms with Crippen molar-refractivity contribution in [3.8, 4) is 0 Å². The minimum absolute atomic E-state index is 0.0747. The lowest BCUT2D eigenvalue weighted by atomic mass is 10.0. The van der Waals surface area contributed by atoms with E-state index in [1.165, 1.54) is 23.6 Å². The Bertz CT molecular complexity index is 2530. The summed E-state index contributed by atoms with van der Waals surface area (Å²) in [4.78, 5) is 77.5. The molecule has 4 amide bonds. The Hall–Kier alpha value is -5.90. The first-order valence-electron chi connectivity index (χ1n) is 28.7. The van der Waals surface area contributed by atoms with Crippen LogP contribution in [0, 0.1) is 11.8 Å². The topological polar surface area (TPSA) is 287 Å². The van der Waals surface area contributed by atoms with Crippen molar-refractivity contribution in [2.24, 2.45) is 11.8 Å². The summed E-state index contributed by atoms with van der Waals surface area (Å²) in [6.07, 6.45) is -7.15. The van der Waals surface area contributed by atoms with Crippen molar-refractivity contribution in [1.82, 2.24) is 19.6 Å². The van der Waals surface area contributed by atoms with Gasteiger partial charge in [0.2, 0.25) is 0 Å². The van der Waals surface area contributed by atoms with Gasteiger partial charge in [-0.1, -0.05) is 74.5 Å². The molecule has 9 aliphatic heterocycles. The lowest BCUT2D eigenvalue weighted by molar-refractivity contribution is -0.212. The zero-order valence-corrected chi connectivity index (χ0v) is 49.9. The third kappa shape index (κ3) is 15.4. The number of aliphatic hydroxyl groups excluding tert-OH is 3. The summed E-state index contributed by atoms with van der Waals surface area (Å²) in [5, 5.41) is 30.1. The fourth-order valence-corrected chi connectivity index (χ4v) is 12.1. The van der Waals surface area contributed by atoms with E-state index >= 15 is 0 Å². The molecule has 25 heteroatoms. The minimum Gasteiger partial charge on any atom is -0.458 e. The van der Waals surface area contributed by atoms with E-state index in [4.69, 9.17) is 56.8 Å². The number of fused-ring (bicyclic) bond motifs is 6. The summed E-state index contributed by atoms with van der Waals surface area (Å²) < 4.78 is 65.9. The van der Waals surface area contributed by atoms with Crippen molar-refractivity contribution in [3.63, 3.8) is 0 Å². The van der Waals surface area contributed by atoms with E-state index in [9.17, 15) is 44.1 Å². The first-order chi connectivity index (χ1) is 39.5. The highest BCUT2D eigenvalue weighted by atomic mass is 16.8. The predicted octanol–water partition coefficient (Wildman–Crippen LogP) is 4.52. The van der Waals surface area contributed by atoms with Gasteiger partial charge >= 0.3 is 36.3 Å². The summed E-state index contributed by atoms with van der Waals surface area (Å²) >= 11 is 0. The largest absolute Gasteiger partial charge is 0.458 e. The van der Waals surface area contributed by atoms with E-state index in [1.807, 2.05) is 95.3 Å². The Kier molecular flexibility index (Phi) is 20.1. The summed E-state index contributed by atoms with van der Waals surface area (Å²) in [6.45, 7) is 23.7. The maximum absolute atomic E-state index is 12.5. The first kappa shape index (κ1) is 64.1. The van der Waals surface area contributed by atoms with Gasteiger partial charge in [0.1, 0.15) is 85.3 Å². The number of rotatable bonds is 6. The molecule has 3 N–H and O–H groups in total. The van der Waals surface area contributed by atoms with Crippen LogP contribution in [0.4, 0.5) is 19.2 Å². The number of amides is 4. The predicted molar refractivity (Wildman–Crippen MR) is 293 cm³/mol. The van der Waals surface area contributed by atoms with Gasteiger partial charge in [-0.2, -0.15) is 0 Å². The van der Waals surface area contributed by atoms with Crippen LogP contribution in [0.3, 0.4) is 0 Å². The molecular formula is C59H84N4O21. The third-order valence-electron chi connectivity index (χ3n) is 15.4. The normalized spacial score (nSPS) is 33.8. The molecule has 9 fully saturated rings. The van der Waals surface area contributed by atoms with Gasteiger partial charge < -0.3 is 72.2 Å². The lowest BCUT2D eigenvalue weighted by Crippen LogP contribution is -2.47. The molecule has 9 heterocycles. The zero-order valence-electron chi connectivity index (χ0n) is 49.9. The Morgan fingerprint density at radius 3 is 1.39 bits per heavy atom. The van der Waals surface area contributed by atoms with Gasteiger partial charge in [-0.15, -0.1) is 0 Å². The summed E-state index contributed by atoms with van der Waals surface area (Å²) in [7, 11) is 0. The lowest BCUT2D eigenvalue weighted by Gasteiger charge is -2.30. The molecule has 17 atom stereocenters. The smallest absolute Gasteiger partial charge is 0.410 e. The number of benzene rings is 2. The minimum atomic E-state index is -0.798. The summed E-state index contributed by atoms with van der Waals surface area (Å²) in [6, 6.07) is 17.6. The molecule has 0 spiro atoms. The van der Waals surface area contributed by atoms with Crippen LogP contribution in [0.2, 0.25) is 0 Å². The number of likely N-dealkylation sites (tertiary alicyclic amines) is 4. The van der Waals surface area contributed by atoms with E-state index < -0.39 is 102 Å². The number of aliphatic hydroxyl groups is 3. The van der Waals surface area contributed by atoms with Gasteiger partial charge in [-0.25, -0.2) is 19.2 Å². The maximum atomic E-state index is 12.5. The number of ether oxygens (including phenoxy) is 12. The maximum Gasteiger partial charge on any atom is 0.410 e. The van der Waals surface area contributed by atoms with Crippen LogP contribution in [0.1, 0.15) is 94.2 Å². The Morgan fingerprint density at radius 1 is 0.512 bits per heavy atom. The van der Waals surface area contributed by atoms with Crippen molar-refractivity contribution >= 4 is 36.3 Å². The zero-order chi connectivity index (χ0) is 61.2. The van der Waals surface area contributed by atoms with E-state index in [0.29, 0.717) is 26.3 Å². The Labute approximate surface area is 489 Å². The van der Waals surface area contributed by atoms with E-state index in [0.717, 1.165) is 11.1 Å². The number of esters is 2. The second kappa shape index (κ2) is 26.4. The molecule has 466 valence electrons. The first-order valence-corrected chi connectivity index (χ1v) is 28.7. The molecule has 84 heavy (non-hydrogen) atoms. The summed E-state index contributed by atoms with van der Waals surface area (Å²) in [5.74, 6) is -1.14. The van der Waals surface area contributed by atoms with Crippen LogP contribution in [-0.2, 0) is 79.6 Å². The molecule has 25 nitrogen and oxygen atoms in total. The second-order valence-electron chi connectivity index (χ2n) is 25.0. The highest BCUT2D eigenvalue weighted by Gasteiger charge is 2.63. The van der Waals surface area contributed by atoms with Crippen molar-refractivity contribution in [2.75, 3.05) is 46.0 Å². The number of hydrogen-bond acceptors (Lipinski definition) is 21. The standard InChI is InChI=1S/C17H21NO6.C15H19NO4.C14H23NO5.C13H21NO6/c1-17(2)23-14-12-13(22-15(14)24-17)11(19)8-18(12)16(20)21-9-10-6-4-3-5-7-10;1-10-7-16(13-12(17)9-19-14(10)13)15(18)20-8-11-5-3-2-4-6-11;1-8-6-15(13(17)20-14(3,4)5)11-10(19-9(2)16)7-18-12(8)11;1-7(15)19-9-6-18-11-8(16)5-14(10(9)11)12(17)20-13(2,3)4/h3-7,11-15,19H,8-9H2,1-2H3;2-6,10,12-14,17H,7-9H2,1H3;8,10-12H,6-7H2,1-5H3;8-11,16H,5-6H2,1-4H3/t11-,12+,13-,14-,15-;10-,12+,13-,14-;8-,10+,11-,12-;8-,9+,10-,11-/m1111/s1. The number of carbonyl (C=O) groups is 6. The van der Waals surface area contributed by atoms with Gasteiger partial charge in [0, 0.05) is 38.8 Å². The molecule has 0 aromatic heterocycles. The van der Waals surface area contributed by atoms with Crippen LogP contribution in [0.15, 0.2) is 60.7 Å². The van der Waals surface area contributed by atoms with Crippen molar-refractivity contribution in [1.29, 1.82) is 0 Å². The van der Waals surface area contributed by atoms with Crippen LogP contribution >= 0.6 is 0 Å². The average molecular weight is 1190 g/mol. The van der Waals surface area contributed by atoms with Gasteiger partial charge in [0.15, 0.2) is 12.1 Å². The average Bonchev–Trinajstić information content (AvgIpc) is 3.34. The van der Waals surface area contributed by atoms with E-state index in [2.05, 4.69) is 0 Å². The van der Waals surface area contributed by atoms with Crippen molar-refractivity contribution in [3.05, 3.63) is 71.8 Å². The molecule has 0 radical (unpaired) electrons. The number of hydrogen-bond donors (Lipinski definition) is 3. The molecule has 11 rings (SSSR count). The quantitative estimate of drug-likeness (QED) is 0.265. The van der Waals surface area contributed by atoms with E-state index in [-0.39, 0.29) is 87.2 Å². The molecule has 0 aliphatic carbocycles. The molecule has 0 saturated carbocycles. The van der Waals surface area contributed by atoms with Crippen LogP contribution < -0.4 is 0 Å². The molecule has 9 aliphatic rings. The molecule has 2 aromatic carbocycles. The third-order valence-corrected chi connectivity index (χ3v) is 15.4. The van der Waals surface area contributed by atoms with Gasteiger partial charge in [-0.05, 0) is 66.5 Å². The summed E-state index contributed by atoms with van der Waals surface area (Å²) in [5.41, 5.74) is 0.683. The number of carbonyl (C=O) groups excluding carboxylic acids is 6.